The van der Waals surface area contributed by atoms with Crippen LogP contribution in [0, 0.1) is 0 Å². The Kier molecular flexibility index (Phi) is 7.38. The predicted octanol–water partition coefficient (Wildman–Crippen LogP) is 4.30. The van der Waals surface area contributed by atoms with Gasteiger partial charge in [-0.05, 0) is 47.4 Å². The Morgan fingerprint density at radius 2 is 1.71 bits per heavy atom. The van der Waals surface area contributed by atoms with E-state index in [1.165, 1.54) is 16.7 Å². The van der Waals surface area contributed by atoms with Crippen molar-refractivity contribution in [3.8, 4) is 11.5 Å². The third kappa shape index (κ3) is 5.02. The van der Waals surface area contributed by atoms with Gasteiger partial charge in [0.1, 0.15) is 0 Å². The number of hydrogen-bond donors (Lipinski definition) is 1. The Balaban J connectivity index is 1.58. The summed E-state index contributed by atoms with van der Waals surface area (Å²) in [5, 5.41) is 3.16. The first kappa shape index (κ1) is 23.6. The first-order chi connectivity index (χ1) is 16.5. The Bertz CT molecular complexity index is 1130. The van der Waals surface area contributed by atoms with Crippen LogP contribution < -0.4 is 19.7 Å². The number of methoxy groups -OCH3 is 2. The number of hydrogen-bond acceptors (Lipinski definition) is 5. The fourth-order valence-electron chi connectivity index (χ4n) is 4.59. The van der Waals surface area contributed by atoms with Gasteiger partial charge in [-0.3, -0.25) is 9.69 Å². The highest BCUT2D eigenvalue weighted by Gasteiger charge is 2.26. The molecule has 1 heterocycles. The second kappa shape index (κ2) is 10.6. The van der Waals surface area contributed by atoms with Crippen LogP contribution in [0.25, 0.3) is 0 Å². The zero-order valence-electron chi connectivity index (χ0n) is 20.4. The molecule has 0 saturated heterocycles. The second-order valence-electron chi connectivity index (χ2n) is 8.74. The SMILES string of the molecule is COc1cccc(C(=O)NC[C@@H](c2ccc(N(C)C)cc2)N2CCc3ccccc3C2)c1OC. The summed E-state index contributed by atoms with van der Waals surface area (Å²) in [4.78, 5) is 17.7. The van der Waals surface area contributed by atoms with Crippen molar-refractivity contribution in [2.45, 2.75) is 19.0 Å². The van der Waals surface area contributed by atoms with Crippen LogP contribution in [0.1, 0.15) is 33.1 Å². The fraction of sp³-hybridized carbons (Fsp3) is 0.321. The van der Waals surface area contributed by atoms with E-state index in [4.69, 9.17) is 9.47 Å². The Morgan fingerprint density at radius 1 is 0.971 bits per heavy atom. The number of benzene rings is 3. The number of rotatable bonds is 8. The lowest BCUT2D eigenvalue weighted by molar-refractivity contribution is 0.0924. The quantitative estimate of drug-likeness (QED) is 0.544. The molecule has 0 unspecified atom stereocenters. The van der Waals surface area contributed by atoms with Crippen molar-refractivity contribution in [1.82, 2.24) is 10.2 Å². The Hall–Kier alpha value is -3.51. The van der Waals surface area contributed by atoms with Gasteiger partial charge in [0, 0.05) is 39.4 Å². The molecule has 6 nitrogen and oxygen atoms in total. The van der Waals surface area contributed by atoms with Gasteiger partial charge in [-0.15, -0.1) is 0 Å². The predicted molar refractivity (Wildman–Crippen MR) is 136 cm³/mol. The van der Waals surface area contributed by atoms with E-state index in [9.17, 15) is 4.79 Å². The highest BCUT2D eigenvalue weighted by Crippen LogP contribution is 2.32. The minimum Gasteiger partial charge on any atom is -0.493 e. The molecule has 1 amide bonds. The third-order valence-electron chi connectivity index (χ3n) is 6.50. The number of ether oxygens (including phenoxy) is 2. The second-order valence-corrected chi connectivity index (χ2v) is 8.74. The summed E-state index contributed by atoms with van der Waals surface area (Å²) in [5.41, 5.74) is 5.56. The van der Waals surface area contributed by atoms with Crippen LogP contribution in [0.5, 0.6) is 11.5 Å². The summed E-state index contributed by atoms with van der Waals surface area (Å²) in [6, 6.07) is 22.6. The van der Waals surface area contributed by atoms with Gasteiger partial charge in [0.05, 0.1) is 25.8 Å². The smallest absolute Gasteiger partial charge is 0.255 e. The highest BCUT2D eigenvalue weighted by atomic mass is 16.5. The number of carbonyl (C=O) groups excluding carboxylic acids is 1. The molecule has 0 saturated carbocycles. The van der Waals surface area contributed by atoms with Gasteiger partial charge in [-0.25, -0.2) is 0 Å². The lowest BCUT2D eigenvalue weighted by atomic mass is 9.96. The molecule has 178 valence electrons. The van der Waals surface area contributed by atoms with Crippen LogP contribution >= 0.6 is 0 Å². The zero-order valence-corrected chi connectivity index (χ0v) is 20.4. The standard InChI is InChI=1S/C28H33N3O3/c1-30(2)23-14-12-21(13-15-23)25(31-17-16-20-8-5-6-9-22(20)19-31)18-29-28(32)24-10-7-11-26(33-3)27(24)34-4/h5-15,25H,16-19H2,1-4H3,(H,29,32)/t25-/m0/s1. The van der Waals surface area contributed by atoms with E-state index in [1.807, 2.05) is 14.1 Å². The van der Waals surface area contributed by atoms with Gasteiger partial charge >= 0.3 is 0 Å². The summed E-state index contributed by atoms with van der Waals surface area (Å²) < 4.78 is 10.8. The van der Waals surface area contributed by atoms with Crippen molar-refractivity contribution >= 4 is 11.6 Å². The molecule has 0 spiro atoms. The van der Waals surface area contributed by atoms with Gasteiger partial charge < -0.3 is 19.7 Å². The van der Waals surface area contributed by atoms with Gasteiger partial charge in [-0.1, -0.05) is 42.5 Å². The van der Waals surface area contributed by atoms with E-state index in [0.29, 0.717) is 23.6 Å². The van der Waals surface area contributed by atoms with E-state index in [0.717, 1.165) is 25.2 Å². The average Bonchev–Trinajstić information content (AvgIpc) is 2.88. The largest absolute Gasteiger partial charge is 0.493 e. The van der Waals surface area contributed by atoms with Crippen molar-refractivity contribution in [1.29, 1.82) is 0 Å². The zero-order chi connectivity index (χ0) is 24.1. The van der Waals surface area contributed by atoms with Crippen molar-refractivity contribution < 1.29 is 14.3 Å². The first-order valence-electron chi connectivity index (χ1n) is 11.6. The van der Waals surface area contributed by atoms with Gasteiger partial charge in [-0.2, -0.15) is 0 Å². The van der Waals surface area contributed by atoms with Gasteiger partial charge in [0.2, 0.25) is 0 Å². The van der Waals surface area contributed by atoms with Crippen LogP contribution in [0.4, 0.5) is 5.69 Å². The van der Waals surface area contributed by atoms with E-state index < -0.39 is 0 Å². The monoisotopic (exact) mass is 459 g/mol. The number of para-hydroxylation sites is 1. The number of amides is 1. The van der Waals surface area contributed by atoms with Crippen molar-refractivity contribution in [2.75, 3.05) is 46.3 Å². The molecule has 1 aliphatic heterocycles. The lowest BCUT2D eigenvalue weighted by Gasteiger charge is -2.36. The maximum absolute atomic E-state index is 13.2. The summed E-state index contributed by atoms with van der Waals surface area (Å²) in [5.74, 6) is 0.808. The number of anilines is 1. The molecule has 0 fully saturated rings. The molecule has 0 aliphatic carbocycles. The van der Waals surface area contributed by atoms with Crippen LogP contribution in [0.3, 0.4) is 0 Å². The maximum atomic E-state index is 13.2. The lowest BCUT2D eigenvalue weighted by Crippen LogP contribution is -2.40. The molecule has 1 aliphatic rings. The number of fused-ring (bicyclic) bond motifs is 1. The Labute approximate surface area is 202 Å². The van der Waals surface area contributed by atoms with Gasteiger partial charge in [0.25, 0.3) is 5.91 Å². The number of nitrogens with zero attached hydrogens (tertiary/aromatic N) is 2. The van der Waals surface area contributed by atoms with Crippen LogP contribution in [-0.2, 0) is 13.0 Å². The highest BCUT2D eigenvalue weighted by molar-refractivity contribution is 5.97. The van der Waals surface area contributed by atoms with Crippen molar-refractivity contribution in [2.24, 2.45) is 0 Å². The molecule has 0 radical (unpaired) electrons. The maximum Gasteiger partial charge on any atom is 0.255 e. The van der Waals surface area contributed by atoms with Crippen LogP contribution in [-0.4, -0.2) is 52.2 Å². The molecular formula is C28H33N3O3. The topological polar surface area (TPSA) is 54.0 Å². The minimum atomic E-state index is -0.178. The van der Waals surface area contributed by atoms with Crippen LogP contribution in [0.15, 0.2) is 66.7 Å². The molecular weight excluding hydrogens is 426 g/mol. The molecule has 3 aromatic rings. The fourth-order valence-corrected chi connectivity index (χ4v) is 4.59. The molecule has 3 aromatic carbocycles. The summed E-state index contributed by atoms with van der Waals surface area (Å²) in [7, 11) is 7.20. The van der Waals surface area contributed by atoms with E-state index in [2.05, 4.69) is 63.6 Å². The van der Waals surface area contributed by atoms with Gasteiger partial charge in [0.15, 0.2) is 11.5 Å². The molecule has 6 heteroatoms. The minimum absolute atomic E-state index is 0.0464. The summed E-state index contributed by atoms with van der Waals surface area (Å²) in [6.07, 6.45) is 1.00. The molecule has 1 atom stereocenters. The Morgan fingerprint density at radius 3 is 2.38 bits per heavy atom. The van der Waals surface area contributed by atoms with Crippen molar-refractivity contribution in [3.05, 3.63) is 89.0 Å². The molecule has 4 rings (SSSR count). The van der Waals surface area contributed by atoms with Crippen LogP contribution in [0.2, 0.25) is 0 Å². The molecule has 0 bridgehead atoms. The number of nitrogens with one attached hydrogen (secondary N) is 1. The summed E-state index contributed by atoms with van der Waals surface area (Å²) >= 11 is 0. The van der Waals surface area contributed by atoms with E-state index in [1.54, 1.807) is 32.4 Å². The molecule has 1 N–H and O–H groups in total. The number of carbonyl (C=O) groups is 1. The molecule has 34 heavy (non-hydrogen) atoms. The van der Waals surface area contributed by atoms with Crippen molar-refractivity contribution in [3.63, 3.8) is 0 Å². The van der Waals surface area contributed by atoms with E-state index >= 15 is 0 Å². The molecule has 0 aromatic heterocycles. The summed E-state index contributed by atoms with van der Waals surface area (Å²) in [6.45, 7) is 2.28. The first-order valence-corrected chi connectivity index (χ1v) is 11.6. The normalized spacial score (nSPS) is 14.1. The average molecular weight is 460 g/mol. The third-order valence-corrected chi connectivity index (χ3v) is 6.50. The van der Waals surface area contributed by atoms with E-state index in [-0.39, 0.29) is 11.9 Å².